The van der Waals surface area contributed by atoms with Crippen molar-refractivity contribution < 1.29 is 21.1 Å². The van der Waals surface area contributed by atoms with Crippen LogP contribution in [0, 0.1) is 6.07 Å². The number of hydrogen-bond acceptors (Lipinski definition) is 0. The van der Waals surface area contributed by atoms with Gasteiger partial charge in [0.15, 0.2) is 0 Å². The van der Waals surface area contributed by atoms with Crippen molar-refractivity contribution >= 4 is 0 Å². The zero-order valence-corrected chi connectivity index (χ0v) is 12.4. The Hall–Kier alpha value is -0.0917. The van der Waals surface area contributed by atoms with Gasteiger partial charge in [-0.3, -0.25) is 0 Å². The second-order valence-electron chi connectivity index (χ2n) is 4.28. The normalized spacial score (nSPS) is 9.81. The van der Waals surface area contributed by atoms with E-state index in [9.17, 15) is 0 Å². The van der Waals surface area contributed by atoms with Gasteiger partial charge in [0.2, 0.25) is 0 Å². The smallest absolute Gasteiger partial charge is 0 e. The topological polar surface area (TPSA) is 0 Å². The van der Waals surface area contributed by atoms with Gasteiger partial charge in [0.25, 0.3) is 0 Å². The first-order chi connectivity index (χ1) is 7.43. The predicted octanol–water partition coefficient (Wildman–Crippen LogP) is 4.78. The fraction of sp³-hybridized carbons (Fsp3) is 0.600. The molecule has 90 valence electrons. The third kappa shape index (κ3) is 8.11. The van der Waals surface area contributed by atoms with Crippen molar-refractivity contribution in [3.8, 4) is 0 Å². The molecule has 1 aromatic rings. The molecule has 0 aliphatic rings. The molecule has 0 heterocycles. The minimum atomic E-state index is 0. The average Bonchev–Trinajstić information content (AvgIpc) is 2.29. The summed E-state index contributed by atoms with van der Waals surface area (Å²) in [6.07, 6.45) is 11.0. The van der Waals surface area contributed by atoms with E-state index < -0.39 is 0 Å². The molecule has 0 nitrogen and oxygen atoms in total. The van der Waals surface area contributed by atoms with Gasteiger partial charge in [0, 0.05) is 21.1 Å². The molecule has 0 aliphatic carbocycles. The number of hydrogen-bond donors (Lipinski definition) is 0. The van der Waals surface area contributed by atoms with Crippen molar-refractivity contribution in [2.75, 3.05) is 0 Å². The summed E-state index contributed by atoms with van der Waals surface area (Å²) in [5.41, 5.74) is 1.46. The minimum Gasteiger partial charge on any atom is -0.184 e. The van der Waals surface area contributed by atoms with Gasteiger partial charge >= 0.3 is 0 Å². The molecule has 0 unspecified atom stereocenters. The summed E-state index contributed by atoms with van der Waals surface area (Å²) in [5, 5.41) is 0. The van der Waals surface area contributed by atoms with Gasteiger partial charge in [0.1, 0.15) is 0 Å². The van der Waals surface area contributed by atoms with Crippen LogP contribution in [-0.4, -0.2) is 0 Å². The van der Waals surface area contributed by atoms with Crippen molar-refractivity contribution in [1.82, 2.24) is 0 Å². The molecule has 0 aliphatic heterocycles. The first kappa shape index (κ1) is 15.9. The molecule has 0 bridgehead atoms. The van der Waals surface area contributed by atoms with Gasteiger partial charge in [-0.1, -0.05) is 58.3 Å². The summed E-state index contributed by atoms with van der Waals surface area (Å²) in [6.45, 7) is 2.27. The minimum absolute atomic E-state index is 0. The Labute approximate surface area is 115 Å². The van der Waals surface area contributed by atoms with E-state index in [4.69, 9.17) is 0 Å². The molecular weight excluding hydrogens is 276 g/mol. The maximum atomic E-state index is 3.06. The van der Waals surface area contributed by atoms with E-state index in [1.807, 2.05) is 12.1 Å². The van der Waals surface area contributed by atoms with Gasteiger partial charge in [-0.15, -0.1) is 0 Å². The first-order valence-corrected chi connectivity index (χ1v) is 6.38. The van der Waals surface area contributed by atoms with Crippen molar-refractivity contribution in [2.45, 2.75) is 58.3 Å². The Bertz CT molecular complexity index is 230. The Kier molecular flexibility index (Phi) is 11.3. The molecule has 0 spiro atoms. The van der Waals surface area contributed by atoms with Gasteiger partial charge in [-0.25, -0.2) is 0 Å². The van der Waals surface area contributed by atoms with E-state index in [0.717, 1.165) is 0 Å². The van der Waals surface area contributed by atoms with Crippen molar-refractivity contribution in [1.29, 1.82) is 0 Å². The summed E-state index contributed by atoms with van der Waals surface area (Å²) >= 11 is 0. The third-order valence-corrected chi connectivity index (χ3v) is 2.86. The fourth-order valence-corrected chi connectivity index (χ4v) is 1.87. The molecule has 16 heavy (non-hydrogen) atoms. The van der Waals surface area contributed by atoms with Crippen LogP contribution in [0.25, 0.3) is 0 Å². The molecule has 1 rings (SSSR count). The summed E-state index contributed by atoms with van der Waals surface area (Å²) in [6, 6.07) is 11.4. The van der Waals surface area contributed by atoms with Crippen LogP contribution in [0.3, 0.4) is 0 Å². The van der Waals surface area contributed by atoms with Crippen LogP contribution in [-0.2, 0) is 27.5 Å². The van der Waals surface area contributed by atoms with E-state index in [0.29, 0.717) is 0 Å². The Balaban J connectivity index is 0.00000225. The molecular formula is C15H23Mo-. The van der Waals surface area contributed by atoms with Crippen molar-refractivity contribution in [2.24, 2.45) is 0 Å². The van der Waals surface area contributed by atoms with Crippen LogP contribution in [0.5, 0.6) is 0 Å². The number of aryl methyl sites for hydroxylation is 1. The van der Waals surface area contributed by atoms with Gasteiger partial charge < -0.3 is 0 Å². The zero-order chi connectivity index (χ0) is 10.8. The number of unbranched alkanes of at least 4 members (excludes halogenated alkanes) is 6. The Morgan fingerprint density at radius 1 is 0.875 bits per heavy atom. The summed E-state index contributed by atoms with van der Waals surface area (Å²) in [4.78, 5) is 0. The predicted molar refractivity (Wildman–Crippen MR) is 67.0 cm³/mol. The monoisotopic (exact) mass is 301 g/mol. The zero-order valence-electron chi connectivity index (χ0n) is 10.4. The fourth-order valence-electron chi connectivity index (χ4n) is 1.87. The molecule has 0 atom stereocenters. The number of benzene rings is 1. The van der Waals surface area contributed by atoms with E-state index in [1.165, 1.54) is 56.9 Å². The standard InChI is InChI=1S/C15H23.Mo/c1-2-3-4-5-6-7-9-12-15-13-10-8-11-14-15;/h10-11,13-14H,2-7,9,12H2,1H3;/q-1;. The van der Waals surface area contributed by atoms with Crippen LogP contribution in [0.4, 0.5) is 0 Å². The third-order valence-electron chi connectivity index (χ3n) is 2.86. The summed E-state index contributed by atoms with van der Waals surface area (Å²) in [7, 11) is 0. The van der Waals surface area contributed by atoms with Crippen LogP contribution >= 0.6 is 0 Å². The first-order valence-electron chi connectivity index (χ1n) is 6.38. The molecule has 0 saturated carbocycles. The SMILES string of the molecule is CCCCCCCCCc1cc[c-]cc1.[Mo]. The van der Waals surface area contributed by atoms with Crippen LogP contribution in [0.2, 0.25) is 0 Å². The molecule has 1 heteroatoms. The van der Waals surface area contributed by atoms with Crippen molar-refractivity contribution in [3.63, 3.8) is 0 Å². The van der Waals surface area contributed by atoms with Crippen LogP contribution in [0.1, 0.15) is 57.4 Å². The van der Waals surface area contributed by atoms with Gasteiger partial charge in [-0.2, -0.15) is 35.9 Å². The molecule has 0 N–H and O–H groups in total. The second kappa shape index (κ2) is 11.4. The van der Waals surface area contributed by atoms with Crippen LogP contribution in [0.15, 0.2) is 24.3 Å². The maximum absolute atomic E-state index is 3.06. The molecule has 0 fully saturated rings. The van der Waals surface area contributed by atoms with Crippen molar-refractivity contribution in [3.05, 3.63) is 35.9 Å². The summed E-state index contributed by atoms with van der Waals surface area (Å²) in [5.74, 6) is 0. The quantitative estimate of drug-likeness (QED) is 0.368. The van der Waals surface area contributed by atoms with E-state index in [2.05, 4.69) is 25.1 Å². The van der Waals surface area contributed by atoms with Crippen LogP contribution < -0.4 is 0 Å². The molecule has 0 aromatic heterocycles. The summed E-state index contributed by atoms with van der Waals surface area (Å²) < 4.78 is 0. The van der Waals surface area contributed by atoms with E-state index in [1.54, 1.807) is 0 Å². The molecule has 0 saturated heterocycles. The van der Waals surface area contributed by atoms with Gasteiger partial charge in [-0.05, 0) is 0 Å². The van der Waals surface area contributed by atoms with E-state index >= 15 is 0 Å². The molecule has 0 amide bonds. The Morgan fingerprint density at radius 3 is 2.06 bits per heavy atom. The van der Waals surface area contributed by atoms with E-state index in [-0.39, 0.29) is 21.1 Å². The molecule has 0 radical (unpaired) electrons. The second-order valence-corrected chi connectivity index (χ2v) is 4.28. The number of rotatable bonds is 8. The Morgan fingerprint density at radius 2 is 1.44 bits per heavy atom. The average molecular weight is 299 g/mol. The molecule has 1 aromatic carbocycles. The largest absolute Gasteiger partial charge is 0.184 e. The van der Waals surface area contributed by atoms with Gasteiger partial charge in [0.05, 0.1) is 0 Å². The maximum Gasteiger partial charge on any atom is 0 e.